The first kappa shape index (κ1) is 21.3. The van der Waals surface area contributed by atoms with Gasteiger partial charge in [0.2, 0.25) is 0 Å². The van der Waals surface area contributed by atoms with Crippen molar-refractivity contribution in [3.63, 3.8) is 0 Å². The van der Waals surface area contributed by atoms with E-state index in [4.69, 9.17) is 5.10 Å². The molecule has 30 heavy (non-hydrogen) atoms. The van der Waals surface area contributed by atoms with Gasteiger partial charge in [0, 0.05) is 68.3 Å². The molecule has 0 aliphatic carbocycles. The van der Waals surface area contributed by atoms with E-state index in [1.165, 1.54) is 36.3 Å². The van der Waals surface area contributed by atoms with Gasteiger partial charge in [-0.2, -0.15) is 5.10 Å². The van der Waals surface area contributed by atoms with Gasteiger partial charge in [-0.15, -0.1) is 0 Å². The zero-order chi connectivity index (χ0) is 21.3. The fourth-order valence-corrected chi connectivity index (χ4v) is 5.12. The van der Waals surface area contributed by atoms with Crippen LogP contribution in [0.15, 0.2) is 24.3 Å². The summed E-state index contributed by atoms with van der Waals surface area (Å²) >= 11 is 0. The molecule has 2 fully saturated rings. The van der Waals surface area contributed by atoms with Crippen molar-refractivity contribution in [2.45, 2.75) is 59.2 Å². The van der Waals surface area contributed by atoms with Gasteiger partial charge < -0.3 is 4.90 Å². The molecule has 0 N–H and O–H groups in total. The molecule has 5 nitrogen and oxygen atoms in total. The average Bonchev–Trinajstić information content (AvgIpc) is 3.03. The third-order valence-electron chi connectivity index (χ3n) is 6.85. The van der Waals surface area contributed by atoms with Crippen LogP contribution in [0.4, 0.5) is 10.1 Å². The van der Waals surface area contributed by atoms with Crippen LogP contribution in [0, 0.1) is 19.7 Å². The molecule has 0 amide bonds. The number of benzene rings is 1. The van der Waals surface area contributed by atoms with Crippen molar-refractivity contribution in [2.24, 2.45) is 0 Å². The highest BCUT2D eigenvalue weighted by molar-refractivity contribution is 5.46. The number of rotatable bonds is 5. The topological polar surface area (TPSA) is 27.5 Å². The molecule has 3 heterocycles. The lowest BCUT2D eigenvalue weighted by Crippen LogP contribution is -2.55. The average molecular weight is 414 g/mol. The van der Waals surface area contributed by atoms with Crippen molar-refractivity contribution >= 4 is 5.69 Å². The van der Waals surface area contributed by atoms with Gasteiger partial charge in [-0.3, -0.25) is 14.5 Å². The number of likely N-dealkylation sites (tertiary alicyclic amines) is 1. The highest BCUT2D eigenvalue weighted by Crippen LogP contribution is 2.24. The Balaban J connectivity index is 1.34. The maximum absolute atomic E-state index is 13.2. The summed E-state index contributed by atoms with van der Waals surface area (Å²) in [6.07, 6.45) is 2.55. The Morgan fingerprint density at radius 1 is 1.03 bits per heavy atom. The number of nitrogens with zero attached hydrogens (tertiary/aromatic N) is 5. The molecule has 2 saturated heterocycles. The highest BCUT2D eigenvalue weighted by atomic mass is 19.1. The highest BCUT2D eigenvalue weighted by Gasteiger charge is 2.29. The summed E-state index contributed by atoms with van der Waals surface area (Å²) in [5, 5.41) is 4.78. The Morgan fingerprint density at radius 2 is 1.73 bits per heavy atom. The second-order valence-corrected chi connectivity index (χ2v) is 9.22. The molecule has 6 heteroatoms. The first-order valence-corrected chi connectivity index (χ1v) is 11.4. The molecule has 0 radical (unpaired) electrons. The Labute approximate surface area is 180 Å². The number of anilines is 1. The minimum Gasteiger partial charge on any atom is -0.369 e. The Kier molecular flexibility index (Phi) is 6.44. The molecule has 164 valence electrons. The van der Waals surface area contributed by atoms with Crippen molar-refractivity contribution in [1.82, 2.24) is 19.6 Å². The van der Waals surface area contributed by atoms with Crippen LogP contribution in [0.2, 0.25) is 0 Å². The molecule has 2 aliphatic heterocycles. The van der Waals surface area contributed by atoms with Crippen LogP contribution in [-0.4, -0.2) is 64.9 Å². The molecule has 2 aliphatic rings. The van der Waals surface area contributed by atoms with Crippen LogP contribution in [0.1, 0.15) is 49.7 Å². The molecule has 0 saturated carbocycles. The quantitative estimate of drug-likeness (QED) is 0.740. The zero-order valence-corrected chi connectivity index (χ0v) is 18.9. The van der Waals surface area contributed by atoms with E-state index in [0.717, 1.165) is 45.0 Å². The molecule has 1 aromatic carbocycles. The molecule has 0 bridgehead atoms. The maximum atomic E-state index is 13.2. The van der Waals surface area contributed by atoms with Crippen LogP contribution in [0.25, 0.3) is 0 Å². The van der Waals surface area contributed by atoms with E-state index in [9.17, 15) is 4.39 Å². The summed E-state index contributed by atoms with van der Waals surface area (Å²) in [6.45, 7) is 16.3. The van der Waals surface area contributed by atoms with Gasteiger partial charge in [0.25, 0.3) is 0 Å². The number of piperazine rings is 1. The lowest BCUT2D eigenvalue weighted by atomic mass is 10.0. The van der Waals surface area contributed by atoms with Crippen LogP contribution in [-0.2, 0) is 6.54 Å². The second-order valence-electron chi connectivity index (χ2n) is 9.22. The molecule has 1 atom stereocenters. The van der Waals surface area contributed by atoms with E-state index in [1.807, 2.05) is 12.1 Å². The fourth-order valence-electron chi connectivity index (χ4n) is 5.12. The molecule has 2 aromatic rings. The minimum absolute atomic E-state index is 0.163. The standard InChI is InChI=1S/C24H36FN5/c1-18(2)30-20(4)24(19(3)26-30)17-27-11-5-6-23(16-27)29-14-12-28(13-15-29)22-9-7-21(25)8-10-22/h7-10,18,23H,5-6,11-17H2,1-4H3. The van der Waals surface area contributed by atoms with E-state index in [-0.39, 0.29) is 5.82 Å². The first-order valence-electron chi connectivity index (χ1n) is 11.4. The minimum atomic E-state index is -0.163. The van der Waals surface area contributed by atoms with Crippen LogP contribution < -0.4 is 4.90 Å². The van der Waals surface area contributed by atoms with E-state index >= 15 is 0 Å². The number of aromatic nitrogens is 2. The van der Waals surface area contributed by atoms with Crippen LogP contribution in [0.3, 0.4) is 0 Å². The largest absolute Gasteiger partial charge is 0.369 e. The van der Waals surface area contributed by atoms with Gasteiger partial charge >= 0.3 is 0 Å². The molecule has 4 rings (SSSR count). The molecule has 0 spiro atoms. The smallest absolute Gasteiger partial charge is 0.123 e. The molecule has 1 unspecified atom stereocenters. The summed E-state index contributed by atoms with van der Waals surface area (Å²) < 4.78 is 15.4. The summed E-state index contributed by atoms with van der Waals surface area (Å²) in [7, 11) is 0. The summed E-state index contributed by atoms with van der Waals surface area (Å²) in [5.41, 5.74) is 5.04. The van der Waals surface area contributed by atoms with Crippen molar-refractivity contribution in [1.29, 1.82) is 0 Å². The summed E-state index contributed by atoms with van der Waals surface area (Å²) in [4.78, 5) is 7.68. The predicted octanol–water partition coefficient (Wildman–Crippen LogP) is 4.01. The number of hydrogen-bond acceptors (Lipinski definition) is 4. The van der Waals surface area contributed by atoms with Gasteiger partial charge in [0.1, 0.15) is 5.82 Å². The number of hydrogen-bond donors (Lipinski definition) is 0. The Bertz CT molecular complexity index is 836. The molecular weight excluding hydrogens is 377 g/mol. The van der Waals surface area contributed by atoms with Gasteiger partial charge in [-0.25, -0.2) is 4.39 Å². The number of halogens is 1. The third kappa shape index (κ3) is 4.54. The first-order chi connectivity index (χ1) is 14.4. The maximum Gasteiger partial charge on any atom is 0.123 e. The van der Waals surface area contributed by atoms with E-state index in [0.29, 0.717) is 12.1 Å². The Morgan fingerprint density at radius 3 is 2.37 bits per heavy atom. The van der Waals surface area contributed by atoms with Gasteiger partial charge in [-0.1, -0.05) is 0 Å². The molecular formula is C24H36FN5. The van der Waals surface area contributed by atoms with Crippen molar-refractivity contribution in [3.05, 3.63) is 47.0 Å². The number of aryl methyl sites for hydroxylation is 1. The second kappa shape index (κ2) is 9.06. The SMILES string of the molecule is Cc1nn(C(C)C)c(C)c1CN1CCCC(N2CCN(c3ccc(F)cc3)CC2)C1. The van der Waals surface area contributed by atoms with Gasteiger partial charge in [-0.05, 0) is 71.3 Å². The van der Waals surface area contributed by atoms with Crippen molar-refractivity contribution in [2.75, 3.05) is 44.2 Å². The lowest BCUT2D eigenvalue weighted by Gasteiger charge is -2.44. The predicted molar refractivity (Wildman–Crippen MR) is 121 cm³/mol. The van der Waals surface area contributed by atoms with Crippen LogP contribution in [0.5, 0.6) is 0 Å². The van der Waals surface area contributed by atoms with Crippen LogP contribution >= 0.6 is 0 Å². The van der Waals surface area contributed by atoms with Gasteiger partial charge in [0.15, 0.2) is 0 Å². The van der Waals surface area contributed by atoms with Crippen molar-refractivity contribution < 1.29 is 4.39 Å². The third-order valence-corrected chi connectivity index (χ3v) is 6.85. The molecule has 1 aromatic heterocycles. The van der Waals surface area contributed by atoms with Crippen molar-refractivity contribution in [3.8, 4) is 0 Å². The van der Waals surface area contributed by atoms with E-state index in [1.54, 1.807) is 12.1 Å². The lowest BCUT2D eigenvalue weighted by molar-refractivity contribution is 0.0885. The Hall–Kier alpha value is -1.92. The van der Waals surface area contributed by atoms with E-state index < -0.39 is 0 Å². The van der Waals surface area contributed by atoms with E-state index in [2.05, 4.69) is 47.1 Å². The normalized spacial score (nSPS) is 21.5. The van der Waals surface area contributed by atoms with Gasteiger partial charge in [0.05, 0.1) is 5.69 Å². The summed E-state index contributed by atoms with van der Waals surface area (Å²) in [5.74, 6) is -0.163. The summed E-state index contributed by atoms with van der Waals surface area (Å²) in [6, 6.07) is 7.96. The fraction of sp³-hybridized carbons (Fsp3) is 0.625. The monoisotopic (exact) mass is 413 g/mol. The zero-order valence-electron chi connectivity index (χ0n) is 18.9. The number of piperidine rings is 1.